The molecule has 4 N–H and O–H groups in total. The van der Waals surface area contributed by atoms with E-state index in [0.29, 0.717) is 37.5 Å². The summed E-state index contributed by atoms with van der Waals surface area (Å²) in [7, 11) is 0. The van der Waals surface area contributed by atoms with Crippen LogP contribution in [0.5, 0.6) is 0 Å². The predicted octanol–water partition coefficient (Wildman–Crippen LogP) is 0.248. The number of rotatable bonds is 6. The fourth-order valence-electron chi connectivity index (χ4n) is 2.69. The van der Waals surface area contributed by atoms with Crippen molar-refractivity contribution in [3.63, 3.8) is 0 Å². The lowest BCUT2D eigenvalue weighted by molar-refractivity contribution is -0.123. The van der Waals surface area contributed by atoms with Gasteiger partial charge in [0.15, 0.2) is 0 Å². The highest BCUT2D eigenvalue weighted by molar-refractivity contribution is 5.97. The third-order valence-corrected chi connectivity index (χ3v) is 4.06. The van der Waals surface area contributed by atoms with Crippen LogP contribution in [-0.4, -0.2) is 48.3 Å². The van der Waals surface area contributed by atoms with Crippen molar-refractivity contribution in [2.75, 3.05) is 19.6 Å². The molecule has 1 heterocycles. The van der Waals surface area contributed by atoms with Gasteiger partial charge in [-0.25, -0.2) is 0 Å². The standard InChI is InChI=1S/C18H26N4O3/c1-12(2)9-15(19)17(24)21-10-13-3-5-14(6-4-13)18(25)22-8-7-20-16(23)11-22/h3-6,12,15H,7-11,19H2,1-2H3,(H,20,23)(H,21,24)/t15-/m0/s1. The first-order chi connectivity index (χ1) is 11.9. The van der Waals surface area contributed by atoms with E-state index in [1.165, 1.54) is 4.90 Å². The Labute approximate surface area is 147 Å². The summed E-state index contributed by atoms with van der Waals surface area (Å²) in [6.07, 6.45) is 0.642. The monoisotopic (exact) mass is 346 g/mol. The van der Waals surface area contributed by atoms with Crippen molar-refractivity contribution in [3.8, 4) is 0 Å². The number of piperazine rings is 1. The van der Waals surface area contributed by atoms with Gasteiger partial charge in [-0.1, -0.05) is 26.0 Å². The highest BCUT2D eigenvalue weighted by atomic mass is 16.2. The maximum absolute atomic E-state index is 12.4. The molecule has 7 heteroatoms. The molecule has 1 fully saturated rings. The topological polar surface area (TPSA) is 105 Å². The molecule has 136 valence electrons. The average Bonchev–Trinajstić information content (AvgIpc) is 2.59. The summed E-state index contributed by atoms with van der Waals surface area (Å²) in [5.41, 5.74) is 7.26. The van der Waals surface area contributed by atoms with Crippen LogP contribution in [0.1, 0.15) is 36.2 Å². The zero-order valence-corrected chi connectivity index (χ0v) is 14.7. The van der Waals surface area contributed by atoms with Crippen molar-refractivity contribution in [2.24, 2.45) is 11.7 Å². The van der Waals surface area contributed by atoms with Gasteiger partial charge in [0.25, 0.3) is 5.91 Å². The molecule has 1 aliphatic heterocycles. The summed E-state index contributed by atoms with van der Waals surface area (Å²) in [5.74, 6) is -0.114. The largest absolute Gasteiger partial charge is 0.353 e. The number of nitrogens with zero attached hydrogens (tertiary/aromatic N) is 1. The maximum Gasteiger partial charge on any atom is 0.254 e. The van der Waals surface area contributed by atoms with Crippen molar-refractivity contribution in [3.05, 3.63) is 35.4 Å². The van der Waals surface area contributed by atoms with E-state index in [4.69, 9.17) is 5.73 Å². The molecule has 25 heavy (non-hydrogen) atoms. The molecule has 3 amide bonds. The Morgan fingerprint density at radius 3 is 2.56 bits per heavy atom. The Balaban J connectivity index is 1.88. The normalized spacial score (nSPS) is 15.7. The minimum atomic E-state index is -0.508. The molecule has 7 nitrogen and oxygen atoms in total. The third kappa shape index (κ3) is 5.56. The van der Waals surface area contributed by atoms with Gasteiger partial charge >= 0.3 is 0 Å². The van der Waals surface area contributed by atoms with E-state index < -0.39 is 6.04 Å². The third-order valence-electron chi connectivity index (χ3n) is 4.06. The number of amides is 3. The maximum atomic E-state index is 12.4. The van der Waals surface area contributed by atoms with Crippen LogP contribution in [0.3, 0.4) is 0 Å². The molecule has 1 aromatic carbocycles. The Bertz CT molecular complexity index is 628. The van der Waals surface area contributed by atoms with Crippen LogP contribution in [0.25, 0.3) is 0 Å². The fourth-order valence-corrected chi connectivity index (χ4v) is 2.69. The highest BCUT2D eigenvalue weighted by Crippen LogP contribution is 2.09. The van der Waals surface area contributed by atoms with Crippen LogP contribution in [0, 0.1) is 5.92 Å². The van der Waals surface area contributed by atoms with E-state index in [1.54, 1.807) is 24.3 Å². The van der Waals surface area contributed by atoms with Crippen LogP contribution < -0.4 is 16.4 Å². The molecule has 2 rings (SSSR count). The lowest BCUT2D eigenvalue weighted by Crippen LogP contribution is -2.49. The molecule has 1 aromatic rings. The molecule has 0 aliphatic carbocycles. The summed E-state index contributed by atoms with van der Waals surface area (Å²) in [5, 5.41) is 5.50. The van der Waals surface area contributed by atoms with E-state index in [-0.39, 0.29) is 24.3 Å². The lowest BCUT2D eigenvalue weighted by atomic mass is 10.0. The zero-order valence-electron chi connectivity index (χ0n) is 14.7. The summed E-state index contributed by atoms with van der Waals surface area (Å²) in [4.78, 5) is 37.2. The van der Waals surface area contributed by atoms with Crippen molar-refractivity contribution < 1.29 is 14.4 Å². The number of benzene rings is 1. The van der Waals surface area contributed by atoms with E-state index >= 15 is 0 Å². The average molecular weight is 346 g/mol. The molecule has 0 unspecified atom stereocenters. The number of hydrogen-bond donors (Lipinski definition) is 3. The van der Waals surface area contributed by atoms with Gasteiger partial charge in [-0.2, -0.15) is 0 Å². The fraction of sp³-hybridized carbons (Fsp3) is 0.500. The Morgan fingerprint density at radius 1 is 1.28 bits per heavy atom. The Kier molecular flexibility index (Phi) is 6.52. The van der Waals surface area contributed by atoms with Crippen molar-refractivity contribution in [2.45, 2.75) is 32.9 Å². The minimum absolute atomic E-state index is 0.0877. The van der Waals surface area contributed by atoms with E-state index in [0.717, 1.165) is 5.56 Å². The smallest absolute Gasteiger partial charge is 0.254 e. The van der Waals surface area contributed by atoms with Crippen LogP contribution in [0.2, 0.25) is 0 Å². The van der Waals surface area contributed by atoms with Gasteiger partial charge in [-0.05, 0) is 30.0 Å². The van der Waals surface area contributed by atoms with Gasteiger partial charge in [-0.3, -0.25) is 14.4 Å². The number of carbonyl (C=O) groups excluding carboxylic acids is 3. The molecule has 0 aromatic heterocycles. The van der Waals surface area contributed by atoms with Crippen LogP contribution in [0.4, 0.5) is 0 Å². The Hall–Kier alpha value is -2.41. The van der Waals surface area contributed by atoms with Gasteiger partial charge in [0.2, 0.25) is 11.8 Å². The van der Waals surface area contributed by atoms with Gasteiger partial charge in [0.05, 0.1) is 12.6 Å². The first kappa shape index (κ1) is 18.9. The number of hydrogen-bond acceptors (Lipinski definition) is 4. The number of nitrogens with one attached hydrogen (secondary N) is 2. The molecular formula is C18H26N4O3. The first-order valence-electron chi connectivity index (χ1n) is 8.55. The van der Waals surface area contributed by atoms with Crippen molar-refractivity contribution in [1.29, 1.82) is 0 Å². The summed E-state index contributed by atoms with van der Waals surface area (Å²) < 4.78 is 0. The second kappa shape index (κ2) is 8.62. The zero-order chi connectivity index (χ0) is 18.4. The molecule has 0 bridgehead atoms. The van der Waals surface area contributed by atoms with Gasteiger partial charge in [-0.15, -0.1) is 0 Å². The van der Waals surface area contributed by atoms with Crippen LogP contribution in [-0.2, 0) is 16.1 Å². The number of nitrogens with two attached hydrogens (primary N) is 1. The molecule has 0 spiro atoms. The molecular weight excluding hydrogens is 320 g/mol. The molecule has 1 atom stereocenters. The van der Waals surface area contributed by atoms with Gasteiger partial charge in [0.1, 0.15) is 0 Å². The van der Waals surface area contributed by atoms with Crippen LogP contribution in [0.15, 0.2) is 24.3 Å². The summed E-state index contributed by atoms with van der Waals surface area (Å²) in [6, 6.07) is 6.51. The second-order valence-corrected chi connectivity index (χ2v) is 6.73. The lowest BCUT2D eigenvalue weighted by Gasteiger charge is -2.26. The SMILES string of the molecule is CC(C)C[C@H](N)C(=O)NCc1ccc(C(=O)N2CCNC(=O)C2)cc1. The summed E-state index contributed by atoms with van der Waals surface area (Å²) in [6.45, 7) is 5.49. The quantitative estimate of drug-likeness (QED) is 0.687. The molecule has 1 aliphatic rings. The van der Waals surface area contributed by atoms with Gasteiger partial charge < -0.3 is 21.3 Å². The second-order valence-electron chi connectivity index (χ2n) is 6.73. The van der Waals surface area contributed by atoms with Crippen molar-refractivity contribution >= 4 is 17.7 Å². The predicted molar refractivity (Wildman–Crippen MR) is 94.6 cm³/mol. The first-order valence-corrected chi connectivity index (χ1v) is 8.55. The van der Waals surface area contributed by atoms with Crippen molar-refractivity contribution in [1.82, 2.24) is 15.5 Å². The van der Waals surface area contributed by atoms with Gasteiger partial charge in [0, 0.05) is 25.2 Å². The van der Waals surface area contributed by atoms with E-state index in [9.17, 15) is 14.4 Å². The molecule has 0 radical (unpaired) electrons. The summed E-state index contributed by atoms with van der Waals surface area (Å²) >= 11 is 0. The highest BCUT2D eigenvalue weighted by Gasteiger charge is 2.22. The van der Waals surface area contributed by atoms with E-state index in [1.807, 2.05) is 13.8 Å². The Morgan fingerprint density at radius 2 is 1.96 bits per heavy atom. The number of carbonyl (C=O) groups is 3. The van der Waals surface area contributed by atoms with E-state index in [2.05, 4.69) is 10.6 Å². The minimum Gasteiger partial charge on any atom is -0.353 e. The molecule has 0 saturated carbocycles. The molecule has 1 saturated heterocycles. The van der Waals surface area contributed by atoms with Crippen LogP contribution >= 0.6 is 0 Å².